The van der Waals surface area contributed by atoms with E-state index in [1.165, 1.54) is 0 Å². The first-order valence-corrected chi connectivity index (χ1v) is 5.65. The Morgan fingerprint density at radius 3 is 2.93 bits per heavy atom. The summed E-state index contributed by atoms with van der Waals surface area (Å²) < 4.78 is 1.14. The van der Waals surface area contributed by atoms with Crippen molar-refractivity contribution >= 4 is 27.5 Å². The first-order valence-electron chi connectivity index (χ1n) is 4.84. The van der Waals surface area contributed by atoms with E-state index in [0.717, 1.165) is 21.6 Å². The molecule has 1 fully saturated rings. The highest BCUT2D eigenvalue weighted by atomic mass is 32.1. The number of para-hydroxylation sites is 1. The lowest BCUT2D eigenvalue weighted by molar-refractivity contribution is -0.138. The van der Waals surface area contributed by atoms with Crippen LogP contribution in [0.15, 0.2) is 24.3 Å². The van der Waals surface area contributed by atoms with Gasteiger partial charge in [-0.25, -0.2) is 4.98 Å². The van der Waals surface area contributed by atoms with Crippen LogP contribution in [-0.4, -0.2) is 16.1 Å². The summed E-state index contributed by atoms with van der Waals surface area (Å²) in [7, 11) is 0. The van der Waals surface area contributed by atoms with E-state index in [9.17, 15) is 4.79 Å². The van der Waals surface area contributed by atoms with Crippen molar-refractivity contribution in [3.63, 3.8) is 0 Å². The minimum atomic E-state index is -0.695. The van der Waals surface area contributed by atoms with E-state index in [-0.39, 0.29) is 11.8 Å². The number of aliphatic carboxylic acids is 1. The van der Waals surface area contributed by atoms with Gasteiger partial charge >= 0.3 is 5.97 Å². The second-order valence-corrected chi connectivity index (χ2v) is 4.87. The van der Waals surface area contributed by atoms with Gasteiger partial charge in [-0.3, -0.25) is 4.79 Å². The van der Waals surface area contributed by atoms with E-state index < -0.39 is 5.97 Å². The third-order valence-electron chi connectivity index (χ3n) is 2.74. The molecule has 2 atom stereocenters. The third kappa shape index (κ3) is 1.41. The maximum Gasteiger partial charge on any atom is 0.307 e. The quantitative estimate of drug-likeness (QED) is 0.844. The summed E-state index contributed by atoms with van der Waals surface area (Å²) in [6.45, 7) is 0. The summed E-state index contributed by atoms with van der Waals surface area (Å²) >= 11 is 1.61. The smallest absolute Gasteiger partial charge is 0.307 e. The van der Waals surface area contributed by atoms with Gasteiger partial charge in [0.25, 0.3) is 0 Å². The molecule has 76 valence electrons. The first-order chi connectivity index (χ1) is 7.25. The number of fused-ring (bicyclic) bond motifs is 1. The summed E-state index contributed by atoms with van der Waals surface area (Å²) in [6, 6.07) is 7.92. The molecule has 0 radical (unpaired) electrons. The van der Waals surface area contributed by atoms with Gasteiger partial charge in [0.05, 0.1) is 21.1 Å². The lowest BCUT2D eigenvalue weighted by atomic mass is 10.3. The normalized spacial score (nSPS) is 24.3. The third-order valence-corrected chi connectivity index (χ3v) is 3.90. The SMILES string of the molecule is O=C(O)[C@H]1C[C@@H]1c1nc2ccccc2s1. The Hall–Kier alpha value is -1.42. The number of carbonyl (C=O) groups is 1. The number of carboxylic acid groups (broad SMARTS) is 1. The van der Waals surface area contributed by atoms with Crippen molar-refractivity contribution in [1.82, 2.24) is 4.98 Å². The van der Waals surface area contributed by atoms with Crippen LogP contribution in [0.2, 0.25) is 0 Å². The van der Waals surface area contributed by atoms with Gasteiger partial charge in [-0.1, -0.05) is 12.1 Å². The topological polar surface area (TPSA) is 50.2 Å². The van der Waals surface area contributed by atoms with Crippen molar-refractivity contribution in [2.45, 2.75) is 12.3 Å². The van der Waals surface area contributed by atoms with Crippen LogP contribution in [-0.2, 0) is 4.79 Å². The maximum absolute atomic E-state index is 10.7. The fourth-order valence-corrected chi connectivity index (χ4v) is 2.94. The van der Waals surface area contributed by atoms with Crippen molar-refractivity contribution in [3.05, 3.63) is 29.3 Å². The monoisotopic (exact) mass is 219 g/mol. The van der Waals surface area contributed by atoms with Crippen LogP contribution in [0, 0.1) is 5.92 Å². The minimum absolute atomic E-state index is 0.153. The number of hydrogen-bond acceptors (Lipinski definition) is 3. The molecule has 1 aromatic carbocycles. The number of rotatable bonds is 2. The Bertz CT molecular complexity index is 501. The Morgan fingerprint density at radius 1 is 1.47 bits per heavy atom. The highest BCUT2D eigenvalue weighted by Gasteiger charge is 2.46. The predicted molar refractivity (Wildman–Crippen MR) is 58.1 cm³/mol. The summed E-state index contributed by atoms with van der Waals surface area (Å²) in [4.78, 5) is 15.2. The Labute approximate surface area is 90.4 Å². The molecule has 4 heteroatoms. The van der Waals surface area contributed by atoms with Crippen LogP contribution in [0.3, 0.4) is 0 Å². The zero-order valence-corrected chi connectivity index (χ0v) is 8.70. The minimum Gasteiger partial charge on any atom is -0.481 e. The number of benzene rings is 1. The van der Waals surface area contributed by atoms with Gasteiger partial charge in [0, 0.05) is 5.92 Å². The first kappa shape index (κ1) is 8.85. The molecule has 0 spiro atoms. The highest BCUT2D eigenvalue weighted by molar-refractivity contribution is 7.18. The van der Waals surface area contributed by atoms with Crippen LogP contribution in [0.25, 0.3) is 10.2 Å². The van der Waals surface area contributed by atoms with Crippen molar-refractivity contribution < 1.29 is 9.90 Å². The molecule has 0 bridgehead atoms. The summed E-state index contributed by atoms with van der Waals surface area (Å²) in [6.07, 6.45) is 0.745. The van der Waals surface area contributed by atoms with Gasteiger partial charge in [-0.2, -0.15) is 0 Å². The average Bonchev–Trinajstić information content (AvgIpc) is 2.91. The van der Waals surface area contributed by atoms with Crippen molar-refractivity contribution in [3.8, 4) is 0 Å². The second-order valence-electron chi connectivity index (χ2n) is 3.81. The maximum atomic E-state index is 10.7. The Balaban J connectivity index is 1.97. The molecule has 0 saturated heterocycles. The average molecular weight is 219 g/mol. The largest absolute Gasteiger partial charge is 0.481 e. The standard InChI is InChI=1S/C11H9NO2S/c13-11(14)7-5-6(7)10-12-8-3-1-2-4-9(8)15-10/h1-4,6-7H,5H2,(H,13,14)/t6-,7-/m0/s1. The van der Waals surface area contributed by atoms with E-state index in [0.29, 0.717) is 0 Å². The van der Waals surface area contributed by atoms with Gasteiger partial charge in [-0.05, 0) is 18.6 Å². The van der Waals surface area contributed by atoms with Crippen LogP contribution >= 0.6 is 11.3 Å². The number of nitrogens with zero attached hydrogens (tertiary/aromatic N) is 1. The number of hydrogen-bond donors (Lipinski definition) is 1. The summed E-state index contributed by atoms with van der Waals surface area (Å²) in [5.74, 6) is -0.746. The molecule has 0 amide bonds. The fraction of sp³-hybridized carbons (Fsp3) is 0.273. The van der Waals surface area contributed by atoms with Gasteiger partial charge < -0.3 is 5.11 Å². The molecule has 3 nitrogen and oxygen atoms in total. The fourth-order valence-electron chi connectivity index (χ4n) is 1.79. The predicted octanol–water partition coefficient (Wildman–Crippen LogP) is 2.48. The van der Waals surface area contributed by atoms with Gasteiger partial charge in [0.1, 0.15) is 0 Å². The van der Waals surface area contributed by atoms with Crippen LogP contribution < -0.4 is 0 Å². The van der Waals surface area contributed by atoms with E-state index in [1.54, 1.807) is 11.3 Å². The molecule has 0 aliphatic heterocycles. The summed E-state index contributed by atoms with van der Waals surface area (Å²) in [5.41, 5.74) is 0.980. The van der Waals surface area contributed by atoms with Gasteiger partial charge in [0.2, 0.25) is 0 Å². The summed E-state index contributed by atoms with van der Waals surface area (Å²) in [5, 5.41) is 9.81. The second kappa shape index (κ2) is 3.03. The van der Waals surface area contributed by atoms with Gasteiger partial charge in [0.15, 0.2) is 0 Å². The van der Waals surface area contributed by atoms with E-state index in [4.69, 9.17) is 5.11 Å². The number of carboxylic acids is 1. The van der Waals surface area contributed by atoms with E-state index in [1.807, 2.05) is 24.3 Å². The number of aromatic nitrogens is 1. The highest BCUT2D eigenvalue weighted by Crippen LogP contribution is 2.49. The molecule has 1 saturated carbocycles. The van der Waals surface area contributed by atoms with Crippen LogP contribution in [0.1, 0.15) is 17.3 Å². The molecular weight excluding hydrogens is 210 g/mol. The molecular formula is C11H9NO2S. The van der Waals surface area contributed by atoms with E-state index in [2.05, 4.69) is 4.98 Å². The molecule has 15 heavy (non-hydrogen) atoms. The molecule has 1 N–H and O–H groups in total. The van der Waals surface area contributed by atoms with Crippen LogP contribution in [0.5, 0.6) is 0 Å². The molecule has 3 rings (SSSR count). The lowest BCUT2D eigenvalue weighted by Crippen LogP contribution is -1.98. The van der Waals surface area contributed by atoms with Crippen LogP contribution in [0.4, 0.5) is 0 Å². The molecule has 1 heterocycles. The van der Waals surface area contributed by atoms with Crippen molar-refractivity contribution in [2.24, 2.45) is 5.92 Å². The van der Waals surface area contributed by atoms with Crippen molar-refractivity contribution in [1.29, 1.82) is 0 Å². The zero-order chi connectivity index (χ0) is 10.4. The Kier molecular flexibility index (Phi) is 1.79. The van der Waals surface area contributed by atoms with Crippen molar-refractivity contribution in [2.75, 3.05) is 0 Å². The molecule has 1 aliphatic rings. The van der Waals surface area contributed by atoms with E-state index >= 15 is 0 Å². The molecule has 2 aromatic rings. The zero-order valence-electron chi connectivity index (χ0n) is 7.88. The molecule has 1 aliphatic carbocycles. The lowest BCUT2D eigenvalue weighted by Gasteiger charge is -1.88. The molecule has 1 aromatic heterocycles. The number of thiazole rings is 1. The van der Waals surface area contributed by atoms with Gasteiger partial charge in [-0.15, -0.1) is 11.3 Å². The Morgan fingerprint density at radius 2 is 2.27 bits per heavy atom. The molecule has 0 unspecified atom stereocenters.